The molecule has 0 aliphatic carbocycles. The van der Waals surface area contributed by atoms with Gasteiger partial charge in [0.25, 0.3) is 11.8 Å². The highest BCUT2D eigenvalue weighted by atomic mass is 35.5. The lowest BCUT2D eigenvalue weighted by molar-refractivity contribution is -0.125. The topological polar surface area (TPSA) is 78.9 Å². The average molecular weight is 463 g/mol. The first-order valence-corrected chi connectivity index (χ1v) is 10.8. The Morgan fingerprint density at radius 2 is 1.82 bits per heavy atom. The van der Waals surface area contributed by atoms with Gasteiger partial charge in [0.1, 0.15) is 5.75 Å². The van der Waals surface area contributed by atoms with Crippen molar-refractivity contribution in [2.75, 3.05) is 13.7 Å². The van der Waals surface area contributed by atoms with Crippen LogP contribution in [0, 0.1) is 0 Å². The Balaban J connectivity index is 1.69. The number of carbonyl (C=O) groups is 2. The smallest absolute Gasteiger partial charge is 0.274 e. The Labute approximate surface area is 197 Å². The molecular formula is C26H23ClN2O4. The fourth-order valence-electron chi connectivity index (χ4n) is 3.91. The second-order valence-electron chi connectivity index (χ2n) is 7.71. The Morgan fingerprint density at radius 1 is 1.06 bits per heavy atom. The molecule has 7 heteroatoms. The van der Waals surface area contributed by atoms with Gasteiger partial charge in [-0.05, 0) is 59.5 Å². The maximum absolute atomic E-state index is 13.7. The fourth-order valence-corrected chi connectivity index (χ4v) is 4.15. The lowest BCUT2D eigenvalue weighted by Crippen LogP contribution is -2.36. The number of hydroxylamine groups is 1. The molecule has 0 aromatic heterocycles. The molecule has 1 aliphatic rings. The summed E-state index contributed by atoms with van der Waals surface area (Å²) in [5, 5.41) is 9.43. The van der Waals surface area contributed by atoms with Gasteiger partial charge in [-0.1, -0.05) is 48.0 Å². The van der Waals surface area contributed by atoms with Crippen molar-refractivity contribution in [1.29, 1.82) is 0 Å². The normalized spacial score (nSPS) is 13.3. The molecule has 0 unspecified atom stereocenters. The molecule has 2 N–H and O–H groups in total. The van der Waals surface area contributed by atoms with Crippen molar-refractivity contribution >= 4 is 35.1 Å². The van der Waals surface area contributed by atoms with Crippen molar-refractivity contribution in [2.24, 2.45) is 0 Å². The lowest BCUT2D eigenvalue weighted by atomic mass is 9.95. The van der Waals surface area contributed by atoms with Crippen LogP contribution in [0.5, 0.6) is 5.75 Å². The van der Waals surface area contributed by atoms with Gasteiger partial charge in [0, 0.05) is 34.8 Å². The summed E-state index contributed by atoms with van der Waals surface area (Å²) >= 11 is 6.47. The number of benzene rings is 3. The first-order valence-electron chi connectivity index (χ1n) is 10.5. The van der Waals surface area contributed by atoms with E-state index in [1.165, 1.54) is 0 Å². The van der Waals surface area contributed by atoms with Crippen LogP contribution in [0.2, 0.25) is 5.02 Å². The number of fused-ring (bicyclic) bond motifs is 1. The molecule has 1 heterocycles. The predicted octanol–water partition coefficient (Wildman–Crippen LogP) is 4.59. The summed E-state index contributed by atoms with van der Waals surface area (Å²) in [6.45, 7) is 0.896. The van der Waals surface area contributed by atoms with Crippen molar-refractivity contribution < 1.29 is 19.5 Å². The summed E-state index contributed by atoms with van der Waals surface area (Å²) < 4.78 is 5.23. The molecule has 0 saturated heterocycles. The van der Waals surface area contributed by atoms with Gasteiger partial charge in [-0.15, -0.1) is 0 Å². The third kappa shape index (κ3) is 4.92. The second kappa shape index (κ2) is 9.90. The van der Waals surface area contributed by atoms with Gasteiger partial charge in [-0.3, -0.25) is 14.8 Å². The number of carbonyl (C=O) groups excluding carboxylic acids is 2. The van der Waals surface area contributed by atoms with Crippen LogP contribution in [0.1, 0.15) is 32.6 Å². The molecule has 0 bridgehead atoms. The van der Waals surface area contributed by atoms with Crippen LogP contribution < -0.4 is 10.2 Å². The number of hydrogen-bond donors (Lipinski definition) is 2. The zero-order valence-corrected chi connectivity index (χ0v) is 18.8. The number of nitrogens with one attached hydrogen (secondary N) is 1. The van der Waals surface area contributed by atoms with Crippen molar-refractivity contribution in [3.05, 3.63) is 99.6 Å². The van der Waals surface area contributed by atoms with E-state index in [1.807, 2.05) is 54.6 Å². The molecule has 0 saturated carbocycles. The number of nitrogens with zero attached hydrogens (tertiary/aromatic N) is 1. The molecule has 0 fully saturated rings. The number of halogens is 1. The summed E-state index contributed by atoms with van der Waals surface area (Å²) in [6.07, 6.45) is 2.49. The molecule has 0 radical (unpaired) electrons. The van der Waals surface area contributed by atoms with Gasteiger partial charge in [0.05, 0.1) is 7.11 Å². The van der Waals surface area contributed by atoms with Crippen LogP contribution in [0.3, 0.4) is 0 Å². The van der Waals surface area contributed by atoms with Crippen molar-refractivity contribution in [1.82, 2.24) is 10.4 Å². The minimum absolute atomic E-state index is 0.151. The van der Waals surface area contributed by atoms with Crippen LogP contribution in [-0.2, 0) is 17.8 Å². The standard InChI is InChI=1S/C26H23ClN2O4/c1-33-21-10-6-17(7-11-21)14-23(22-4-2-3-5-24(22)27)26(31)29-13-12-18-8-9-19(25(30)28-32)15-20(18)16-29/h2-11,14-15,32H,12-13,16H2,1H3,(H,28,30). The molecular weight excluding hydrogens is 440 g/mol. The molecule has 3 aromatic rings. The van der Waals surface area contributed by atoms with Gasteiger partial charge in [-0.25, -0.2) is 5.48 Å². The highest BCUT2D eigenvalue weighted by Crippen LogP contribution is 2.30. The first kappa shape index (κ1) is 22.6. The van der Waals surface area contributed by atoms with Crippen LogP contribution in [0.4, 0.5) is 0 Å². The van der Waals surface area contributed by atoms with E-state index < -0.39 is 5.91 Å². The van der Waals surface area contributed by atoms with E-state index >= 15 is 0 Å². The molecule has 33 heavy (non-hydrogen) atoms. The lowest BCUT2D eigenvalue weighted by Gasteiger charge is -2.30. The zero-order chi connectivity index (χ0) is 23.4. The Hall–Kier alpha value is -3.61. The van der Waals surface area contributed by atoms with E-state index in [2.05, 4.69) is 0 Å². The third-order valence-electron chi connectivity index (χ3n) is 5.69. The summed E-state index contributed by atoms with van der Waals surface area (Å²) in [7, 11) is 1.60. The van der Waals surface area contributed by atoms with E-state index in [-0.39, 0.29) is 5.91 Å². The number of methoxy groups -OCH3 is 1. The second-order valence-corrected chi connectivity index (χ2v) is 8.12. The Kier molecular flexibility index (Phi) is 6.77. The summed E-state index contributed by atoms with van der Waals surface area (Å²) in [5.41, 5.74) is 5.92. The number of hydrogen-bond acceptors (Lipinski definition) is 4. The number of rotatable bonds is 5. The molecule has 1 aliphatic heterocycles. The quantitative estimate of drug-likeness (QED) is 0.251. The molecule has 168 valence electrons. The van der Waals surface area contributed by atoms with Gasteiger partial charge in [0.15, 0.2) is 0 Å². The zero-order valence-electron chi connectivity index (χ0n) is 18.0. The monoisotopic (exact) mass is 462 g/mol. The van der Waals surface area contributed by atoms with Crippen LogP contribution in [-0.4, -0.2) is 35.6 Å². The summed E-state index contributed by atoms with van der Waals surface area (Å²) in [6, 6.07) is 20.0. The number of ether oxygens (including phenoxy) is 1. The Morgan fingerprint density at radius 3 is 2.52 bits per heavy atom. The number of amides is 2. The van der Waals surface area contributed by atoms with E-state index in [1.54, 1.807) is 35.7 Å². The van der Waals surface area contributed by atoms with Crippen molar-refractivity contribution in [2.45, 2.75) is 13.0 Å². The maximum atomic E-state index is 13.7. The summed E-state index contributed by atoms with van der Waals surface area (Å²) in [4.78, 5) is 27.3. The molecule has 0 spiro atoms. The van der Waals surface area contributed by atoms with E-state index in [9.17, 15) is 9.59 Å². The average Bonchev–Trinajstić information content (AvgIpc) is 2.86. The largest absolute Gasteiger partial charge is 0.497 e. The van der Waals surface area contributed by atoms with E-state index in [0.29, 0.717) is 41.2 Å². The van der Waals surface area contributed by atoms with Crippen molar-refractivity contribution in [3.8, 4) is 5.75 Å². The van der Waals surface area contributed by atoms with Crippen LogP contribution >= 0.6 is 11.6 Å². The molecule has 4 rings (SSSR count). The minimum atomic E-state index is -0.586. The van der Waals surface area contributed by atoms with E-state index in [0.717, 1.165) is 22.4 Å². The molecule has 6 nitrogen and oxygen atoms in total. The van der Waals surface area contributed by atoms with Gasteiger partial charge in [0.2, 0.25) is 0 Å². The maximum Gasteiger partial charge on any atom is 0.274 e. The van der Waals surface area contributed by atoms with Crippen LogP contribution in [0.15, 0.2) is 66.7 Å². The van der Waals surface area contributed by atoms with Crippen molar-refractivity contribution in [3.63, 3.8) is 0 Å². The molecule has 0 atom stereocenters. The van der Waals surface area contributed by atoms with Gasteiger partial charge in [-0.2, -0.15) is 0 Å². The SMILES string of the molecule is COc1ccc(C=C(C(=O)N2CCc3ccc(C(=O)NO)cc3C2)c2ccccc2Cl)cc1. The molecule has 2 amide bonds. The highest BCUT2D eigenvalue weighted by Gasteiger charge is 2.26. The summed E-state index contributed by atoms with van der Waals surface area (Å²) in [5.74, 6) is -0.00730. The third-order valence-corrected chi connectivity index (χ3v) is 6.02. The Bertz CT molecular complexity index is 1220. The fraction of sp³-hybridized carbons (Fsp3) is 0.154. The molecule has 3 aromatic carbocycles. The first-order chi connectivity index (χ1) is 16.0. The highest BCUT2D eigenvalue weighted by molar-refractivity contribution is 6.36. The minimum Gasteiger partial charge on any atom is -0.497 e. The van der Waals surface area contributed by atoms with E-state index in [4.69, 9.17) is 21.5 Å². The predicted molar refractivity (Wildman–Crippen MR) is 127 cm³/mol. The van der Waals surface area contributed by atoms with Gasteiger partial charge < -0.3 is 9.64 Å². The van der Waals surface area contributed by atoms with Gasteiger partial charge >= 0.3 is 0 Å². The van der Waals surface area contributed by atoms with Crippen LogP contribution in [0.25, 0.3) is 11.6 Å².